The van der Waals surface area contributed by atoms with Crippen LogP contribution in [0.1, 0.15) is 41.1 Å². The second-order valence-corrected chi connectivity index (χ2v) is 4.42. The first-order valence-electron chi connectivity index (χ1n) is 6.05. The molecule has 0 aliphatic heterocycles. The first-order chi connectivity index (χ1) is 9.02. The van der Waals surface area contributed by atoms with Crippen LogP contribution in [-0.4, -0.2) is 33.2 Å². The minimum atomic E-state index is -1.12. The number of aromatic nitrogens is 2. The number of aromatic amines is 1. The van der Waals surface area contributed by atoms with Crippen molar-refractivity contribution in [2.24, 2.45) is 0 Å². The highest BCUT2D eigenvalue weighted by Gasteiger charge is 2.15. The molecule has 2 rings (SSSR count). The number of carboxylic acids is 1. The van der Waals surface area contributed by atoms with Gasteiger partial charge in [0.05, 0.1) is 5.52 Å². The number of hydrogen-bond acceptors (Lipinski definition) is 3. The van der Waals surface area contributed by atoms with Crippen molar-refractivity contribution in [1.82, 2.24) is 15.5 Å². The number of nitrogens with zero attached hydrogens (tertiary/aromatic N) is 1. The molecule has 19 heavy (non-hydrogen) atoms. The van der Waals surface area contributed by atoms with Crippen LogP contribution in [0.2, 0.25) is 0 Å². The van der Waals surface area contributed by atoms with Gasteiger partial charge in [0.1, 0.15) is 0 Å². The molecule has 0 saturated heterocycles. The number of carbonyl (C=O) groups is 2. The summed E-state index contributed by atoms with van der Waals surface area (Å²) in [5, 5.41) is 18.6. The lowest BCUT2D eigenvalue weighted by atomic mass is 10.1. The molecule has 100 valence electrons. The molecule has 3 N–H and O–H groups in total. The number of rotatable bonds is 4. The largest absolute Gasteiger partial charge is 0.476 e. The smallest absolute Gasteiger partial charge is 0.357 e. The number of nitrogens with one attached hydrogen (secondary N) is 2. The third kappa shape index (κ3) is 2.57. The van der Waals surface area contributed by atoms with Gasteiger partial charge in [-0.3, -0.25) is 9.89 Å². The normalized spacial score (nSPS) is 12.3. The molecule has 0 spiro atoms. The number of aromatic carboxylic acids is 1. The van der Waals surface area contributed by atoms with Gasteiger partial charge >= 0.3 is 5.97 Å². The van der Waals surface area contributed by atoms with Crippen LogP contribution in [0.25, 0.3) is 10.9 Å². The highest BCUT2D eigenvalue weighted by molar-refractivity contribution is 6.04. The molecule has 1 heterocycles. The molecule has 0 fully saturated rings. The fourth-order valence-electron chi connectivity index (χ4n) is 1.73. The van der Waals surface area contributed by atoms with Crippen molar-refractivity contribution in [2.45, 2.75) is 26.3 Å². The molecule has 1 amide bonds. The van der Waals surface area contributed by atoms with Crippen LogP contribution in [0.4, 0.5) is 0 Å². The van der Waals surface area contributed by atoms with Gasteiger partial charge in [-0.1, -0.05) is 6.92 Å². The maximum Gasteiger partial charge on any atom is 0.357 e. The van der Waals surface area contributed by atoms with E-state index in [1.807, 2.05) is 13.8 Å². The van der Waals surface area contributed by atoms with Gasteiger partial charge in [0.2, 0.25) is 0 Å². The van der Waals surface area contributed by atoms with Crippen molar-refractivity contribution in [3.8, 4) is 0 Å². The molecule has 0 radical (unpaired) electrons. The third-order valence-corrected chi connectivity index (χ3v) is 3.02. The van der Waals surface area contributed by atoms with Crippen LogP contribution in [0.5, 0.6) is 0 Å². The highest BCUT2D eigenvalue weighted by atomic mass is 16.4. The molecule has 6 heteroatoms. The van der Waals surface area contributed by atoms with Crippen LogP contribution in [0, 0.1) is 0 Å². The van der Waals surface area contributed by atoms with Crippen molar-refractivity contribution >= 4 is 22.8 Å². The van der Waals surface area contributed by atoms with Crippen LogP contribution >= 0.6 is 0 Å². The zero-order chi connectivity index (χ0) is 14.0. The van der Waals surface area contributed by atoms with Gasteiger partial charge in [0.15, 0.2) is 5.69 Å². The van der Waals surface area contributed by atoms with E-state index in [2.05, 4.69) is 15.5 Å². The summed E-state index contributed by atoms with van der Waals surface area (Å²) >= 11 is 0. The van der Waals surface area contributed by atoms with Gasteiger partial charge in [-0.15, -0.1) is 0 Å². The minimum absolute atomic E-state index is 0.0755. The van der Waals surface area contributed by atoms with Crippen LogP contribution in [0.3, 0.4) is 0 Å². The van der Waals surface area contributed by atoms with E-state index in [0.717, 1.165) is 6.42 Å². The summed E-state index contributed by atoms with van der Waals surface area (Å²) < 4.78 is 0. The van der Waals surface area contributed by atoms with E-state index in [-0.39, 0.29) is 17.6 Å². The summed E-state index contributed by atoms with van der Waals surface area (Å²) in [6.45, 7) is 3.89. The molecular formula is C13H15N3O3. The summed E-state index contributed by atoms with van der Waals surface area (Å²) in [4.78, 5) is 23.0. The summed E-state index contributed by atoms with van der Waals surface area (Å²) in [7, 11) is 0. The topological polar surface area (TPSA) is 95.1 Å². The van der Waals surface area contributed by atoms with Crippen molar-refractivity contribution in [1.29, 1.82) is 0 Å². The number of benzene rings is 1. The molecule has 1 unspecified atom stereocenters. The fraction of sp³-hybridized carbons (Fsp3) is 0.308. The van der Waals surface area contributed by atoms with E-state index in [1.54, 1.807) is 18.2 Å². The highest BCUT2D eigenvalue weighted by Crippen LogP contribution is 2.18. The Morgan fingerprint density at radius 1 is 1.47 bits per heavy atom. The molecule has 0 saturated carbocycles. The average Bonchev–Trinajstić information content (AvgIpc) is 2.81. The van der Waals surface area contributed by atoms with E-state index in [0.29, 0.717) is 16.5 Å². The van der Waals surface area contributed by atoms with Gasteiger partial charge in [0.25, 0.3) is 5.91 Å². The maximum atomic E-state index is 12.0. The Bertz CT molecular complexity index is 633. The monoisotopic (exact) mass is 261 g/mol. The van der Waals surface area contributed by atoms with Crippen molar-refractivity contribution in [3.05, 3.63) is 29.5 Å². The van der Waals surface area contributed by atoms with Crippen LogP contribution < -0.4 is 5.32 Å². The summed E-state index contributed by atoms with van der Waals surface area (Å²) in [5.74, 6) is -1.33. The third-order valence-electron chi connectivity index (χ3n) is 3.02. The lowest BCUT2D eigenvalue weighted by Crippen LogP contribution is -2.31. The van der Waals surface area contributed by atoms with Gasteiger partial charge in [-0.2, -0.15) is 5.10 Å². The first kappa shape index (κ1) is 13.1. The Kier molecular flexibility index (Phi) is 3.50. The van der Waals surface area contributed by atoms with E-state index in [4.69, 9.17) is 5.11 Å². The maximum absolute atomic E-state index is 12.0. The first-order valence-corrected chi connectivity index (χ1v) is 6.05. The Morgan fingerprint density at radius 3 is 2.84 bits per heavy atom. The average molecular weight is 261 g/mol. The predicted octanol–water partition coefficient (Wildman–Crippen LogP) is 1.79. The summed E-state index contributed by atoms with van der Waals surface area (Å²) in [6.07, 6.45) is 0.833. The lowest BCUT2D eigenvalue weighted by molar-refractivity contribution is 0.0692. The van der Waals surface area contributed by atoms with E-state index in [1.165, 1.54) is 0 Å². The van der Waals surface area contributed by atoms with Crippen molar-refractivity contribution in [2.75, 3.05) is 0 Å². The van der Waals surface area contributed by atoms with Gasteiger partial charge < -0.3 is 10.4 Å². The summed E-state index contributed by atoms with van der Waals surface area (Å²) in [5.41, 5.74) is 0.947. The Hall–Kier alpha value is -2.37. The Balaban J connectivity index is 2.37. The number of H-pyrrole nitrogens is 1. The standard InChI is InChI=1S/C13H15N3O3/c1-3-7(2)14-12(17)8-4-5-10-9(6-8)11(13(18)19)16-15-10/h4-7H,3H2,1-2H3,(H,14,17)(H,15,16)(H,18,19). The van der Waals surface area contributed by atoms with Crippen LogP contribution in [-0.2, 0) is 0 Å². The SMILES string of the molecule is CCC(C)NC(=O)c1ccc2[nH]nc(C(=O)O)c2c1. The molecule has 0 aliphatic carbocycles. The second-order valence-electron chi connectivity index (χ2n) is 4.42. The van der Waals surface area contributed by atoms with Crippen LogP contribution in [0.15, 0.2) is 18.2 Å². The molecule has 1 atom stereocenters. The lowest BCUT2D eigenvalue weighted by Gasteiger charge is -2.11. The number of hydrogen-bond donors (Lipinski definition) is 3. The van der Waals surface area contributed by atoms with Gasteiger partial charge in [-0.05, 0) is 31.5 Å². The zero-order valence-corrected chi connectivity index (χ0v) is 10.7. The molecule has 0 aliphatic rings. The molecule has 2 aromatic rings. The minimum Gasteiger partial charge on any atom is -0.476 e. The quantitative estimate of drug-likeness (QED) is 0.781. The van der Waals surface area contributed by atoms with E-state index < -0.39 is 5.97 Å². The Morgan fingerprint density at radius 2 is 2.21 bits per heavy atom. The van der Waals surface area contributed by atoms with E-state index >= 15 is 0 Å². The number of fused-ring (bicyclic) bond motifs is 1. The molecule has 1 aromatic heterocycles. The number of amides is 1. The molecule has 1 aromatic carbocycles. The Labute approximate surface area is 109 Å². The number of carboxylic acid groups (broad SMARTS) is 1. The second kappa shape index (κ2) is 5.09. The number of carbonyl (C=O) groups excluding carboxylic acids is 1. The van der Waals surface area contributed by atoms with Crippen molar-refractivity contribution < 1.29 is 14.7 Å². The molecule has 0 bridgehead atoms. The molecule has 6 nitrogen and oxygen atoms in total. The fourth-order valence-corrected chi connectivity index (χ4v) is 1.73. The predicted molar refractivity (Wildman–Crippen MR) is 70.3 cm³/mol. The van der Waals surface area contributed by atoms with Crippen molar-refractivity contribution in [3.63, 3.8) is 0 Å². The zero-order valence-electron chi connectivity index (χ0n) is 10.7. The molecular weight excluding hydrogens is 246 g/mol. The van der Waals surface area contributed by atoms with Gasteiger partial charge in [-0.25, -0.2) is 4.79 Å². The summed E-state index contributed by atoms with van der Waals surface area (Å²) in [6, 6.07) is 4.91. The van der Waals surface area contributed by atoms with Gasteiger partial charge in [0, 0.05) is 17.0 Å². The van der Waals surface area contributed by atoms with E-state index in [9.17, 15) is 9.59 Å².